The maximum absolute atomic E-state index is 13.0. The van der Waals surface area contributed by atoms with Gasteiger partial charge in [-0.25, -0.2) is 8.42 Å². The highest BCUT2D eigenvalue weighted by Gasteiger charge is 2.30. The minimum Gasteiger partial charge on any atom is -0.338 e. The second kappa shape index (κ2) is 7.76. The minimum absolute atomic E-state index is 0.0801. The van der Waals surface area contributed by atoms with Crippen LogP contribution in [0.25, 0.3) is 0 Å². The van der Waals surface area contributed by atoms with Crippen LogP contribution >= 0.6 is 15.9 Å². The Kier molecular flexibility index (Phi) is 5.85. The van der Waals surface area contributed by atoms with Crippen LogP contribution in [0.4, 0.5) is 0 Å². The Morgan fingerprint density at radius 1 is 1.20 bits per heavy atom. The van der Waals surface area contributed by atoms with Crippen LogP contribution in [-0.2, 0) is 10.0 Å². The second-order valence-corrected chi connectivity index (χ2v) is 9.71. The lowest BCUT2D eigenvalue weighted by molar-refractivity contribution is 0.0670. The molecule has 1 aromatic rings. The predicted molar refractivity (Wildman–Crippen MR) is 101 cm³/mol. The molecule has 2 aliphatic heterocycles. The second-order valence-electron chi connectivity index (χ2n) is 6.92. The third-order valence-corrected chi connectivity index (χ3v) is 7.84. The lowest BCUT2D eigenvalue weighted by Crippen LogP contribution is -2.40. The van der Waals surface area contributed by atoms with Gasteiger partial charge in [0.2, 0.25) is 10.0 Å². The molecule has 0 N–H and O–H groups in total. The van der Waals surface area contributed by atoms with Gasteiger partial charge in [0.05, 0.1) is 10.5 Å². The number of likely N-dealkylation sites (tertiary alicyclic amines) is 1. The largest absolute Gasteiger partial charge is 0.338 e. The van der Waals surface area contributed by atoms with Gasteiger partial charge in [-0.05, 0) is 65.7 Å². The molecule has 0 aromatic heterocycles. The first-order valence-electron chi connectivity index (χ1n) is 9.02. The summed E-state index contributed by atoms with van der Waals surface area (Å²) in [7, 11) is -3.52. The van der Waals surface area contributed by atoms with Crippen LogP contribution in [0.15, 0.2) is 27.6 Å². The normalized spacial score (nSPS) is 22.3. The van der Waals surface area contributed by atoms with Crippen molar-refractivity contribution < 1.29 is 13.2 Å². The summed E-state index contributed by atoms with van der Waals surface area (Å²) >= 11 is 3.42. The molecule has 138 valence electrons. The van der Waals surface area contributed by atoms with E-state index in [1.54, 1.807) is 12.1 Å². The molecule has 25 heavy (non-hydrogen) atoms. The van der Waals surface area contributed by atoms with E-state index in [0.717, 1.165) is 45.2 Å². The Morgan fingerprint density at radius 2 is 1.92 bits per heavy atom. The molecule has 1 amide bonds. The van der Waals surface area contributed by atoms with E-state index in [1.165, 1.54) is 10.4 Å². The van der Waals surface area contributed by atoms with Gasteiger partial charge in [0.25, 0.3) is 5.91 Å². The third-order valence-electron chi connectivity index (χ3n) is 5.25. The van der Waals surface area contributed by atoms with Crippen LogP contribution in [0.3, 0.4) is 0 Å². The fourth-order valence-corrected chi connectivity index (χ4v) is 5.62. The van der Waals surface area contributed by atoms with Gasteiger partial charge in [-0.2, -0.15) is 4.31 Å². The van der Waals surface area contributed by atoms with Gasteiger partial charge in [0, 0.05) is 30.7 Å². The van der Waals surface area contributed by atoms with E-state index in [4.69, 9.17) is 0 Å². The minimum atomic E-state index is -3.52. The van der Waals surface area contributed by atoms with Crippen molar-refractivity contribution in [2.45, 2.75) is 43.9 Å². The van der Waals surface area contributed by atoms with Crippen molar-refractivity contribution >= 4 is 31.9 Å². The van der Waals surface area contributed by atoms with Gasteiger partial charge >= 0.3 is 0 Å². The number of piperidine rings is 1. The first kappa shape index (κ1) is 18.9. The number of benzene rings is 1. The van der Waals surface area contributed by atoms with Gasteiger partial charge < -0.3 is 4.90 Å². The van der Waals surface area contributed by atoms with E-state index in [2.05, 4.69) is 22.9 Å². The number of sulfonamides is 1. The number of carbonyl (C=O) groups is 1. The highest BCUT2D eigenvalue weighted by Crippen LogP contribution is 2.28. The van der Waals surface area contributed by atoms with Crippen LogP contribution in [-0.4, -0.2) is 49.7 Å². The fourth-order valence-electron chi connectivity index (χ4n) is 3.66. The van der Waals surface area contributed by atoms with E-state index in [1.807, 2.05) is 4.90 Å². The zero-order chi connectivity index (χ0) is 18.0. The van der Waals surface area contributed by atoms with Crippen LogP contribution < -0.4 is 0 Å². The molecular formula is C18H25BrN2O3S. The molecule has 0 aliphatic carbocycles. The molecule has 0 saturated carbocycles. The third kappa shape index (κ3) is 3.93. The first-order valence-corrected chi connectivity index (χ1v) is 11.3. The maximum Gasteiger partial charge on any atom is 0.255 e. The molecular weight excluding hydrogens is 404 g/mol. The van der Waals surface area contributed by atoms with E-state index < -0.39 is 10.0 Å². The monoisotopic (exact) mass is 428 g/mol. The molecule has 2 fully saturated rings. The van der Waals surface area contributed by atoms with Gasteiger partial charge in [-0.3, -0.25) is 4.79 Å². The van der Waals surface area contributed by atoms with Gasteiger partial charge in [0.15, 0.2) is 0 Å². The lowest BCUT2D eigenvalue weighted by atomic mass is 9.95. The number of hydrogen-bond donors (Lipinski definition) is 0. The van der Waals surface area contributed by atoms with Crippen molar-refractivity contribution in [3.8, 4) is 0 Å². The SMILES string of the molecule is CCC1CCCN(C(=O)c2cc(S(=O)(=O)N3CCCC3)ccc2Br)C1. The summed E-state index contributed by atoms with van der Waals surface area (Å²) in [6.07, 6.45) is 5.02. The van der Waals surface area contributed by atoms with Crippen LogP contribution in [0.2, 0.25) is 0 Å². The summed E-state index contributed by atoms with van der Waals surface area (Å²) in [5.74, 6) is 0.455. The van der Waals surface area contributed by atoms with Crippen molar-refractivity contribution in [1.29, 1.82) is 0 Å². The van der Waals surface area contributed by atoms with E-state index >= 15 is 0 Å². The number of hydrogen-bond acceptors (Lipinski definition) is 3. The molecule has 0 radical (unpaired) electrons. The van der Waals surface area contributed by atoms with E-state index in [0.29, 0.717) is 29.0 Å². The van der Waals surface area contributed by atoms with Gasteiger partial charge in [0.1, 0.15) is 0 Å². The molecule has 1 aromatic carbocycles. The molecule has 7 heteroatoms. The fraction of sp³-hybridized carbons (Fsp3) is 0.611. The Morgan fingerprint density at radius 3 is 2.60 bits per heavy atom. The summed E-state index contributed by atoms with van der Waals surface area (Å²) in [6.45, 7) is 4.77. The van der Waals surface area contributed by atoms with E-state index in [-0.39, 0.29) is 10.8 Å². The van der Waals surface area contributed by atoms with Crippen molar-refractivity contribution in [3.05, 3.63) is 28.2 Å². The molecule has 5 nitrogen and oxygen atoms in total. The molecule has 1 atom stereocenters. The molecule has 2 saturated heterocycles. The highest BCUT2D eigenvalue weighted by molar-refractivity contribution is 9.10. The van der Waals surface area contributed by atoms with Crippen molar-refractivity contribution in [2.75, 3.05) is 26.2 Å². The zero-order valence-electron chi connectivity index (χ0n) is 14.6. The quantitative estimate of drug-likeness (QED) is 0.736. The number of amides is 1. The summed E-state index contributed by atoms with van der Waals surface area (Å²) < 4.78 is 27.7. The van der Waals surface area contributed by atoms with Crippen LogP contribution in [0.1, 0.15) is 49.4 Å². The Labute approximate surface area is 158 Å². The molecule has 2 aliphatic rings. The average molecular weight is 429 g/mol. The highest BCUT2D eigenvalue weighted by atomic mass is 79.9. The molecule has 1 unspecified atom stereocenters. The van der Waals surface area contributed by atoms with Gasteiger partial charge in [-0.1, -0.05) is 13.3 Å². The summed E-state index contributed by atoms with van der Waals surface area (Å²) in [5.41, 5.74) is 0.442. The zero-order valence-corrected chi connectivity index (χ0v) is 17.0. The Hall–Kier alpha value is -0.920. The topological polar surface area (TPSA) is 57.7 Å². The Balaban J connectivity index is 1.87. The predicted octanol–water partition coefficient (Wildman–Crippen LogP) is 3.50. The summed E-state index contributed by atoms with van der Waals surface area (Å²) in [5, 5.41) is 0. The Bertz CT molecular complexity index is 745. The molecule has 0 spiro atoms. The summed E-state index contributed by atoms with van der Waals surface area (Å²) in [4.78, 5) is 15.0. The first-order chi connectivity index (χ1) is 11.9. The standard InChI is InChI=1S/C18H25BrN2O3S/c1-2-14-6-5-9-20(13-14)18(22)16-12-15(7-8-17(16)19)25(23,24)21-10-3-4-11-21/h7-8,12,14H,2-6,9-11,13H2,1H3. The van der Waals surface area contributed by atoms with Gasteiger partial charge in [-0.15, -0.1) is 0 Å². The average Bonchev–Trinajstić information content (AvgIpc) is 3.17. The van der Waals surface area contributed by atoms with Crippen molar-refractivity contribution in [1.82, 2.24) is 9.21 Å². The van der Waals surface area contributed by atoms with Crippen LogP contribution in [0.5, 0.6) is 0 Å². The summed E-state index contributed by atoms with van der Waals surface area (Å²) in [6, 6.07) is 4.80. The molecule has 0 bridgehead atoms. The number of rotatable bonds is 4. The molecule has 2 heterocycles. The van der Waals surface area contributed by atoms with Crippen LogP contribution in [0, 0.1) is 5.92 Å². The smallest absolute Gasteiger partial charge is 0.255 e. The van der Waals surface area contributed by atoms with Crippen molar-refractivity contribution in [3.63, 3.8) is 0 Å². The number of nitrogens with zero attached hydrogens (tertiary/aromatic N) is 2. The number of halogens is 1. The van der Waals surface area contributed by atoms with E-state index in [9.17, 15) is 13.2 Å². The van der Waals surface area contributed by atoms with Crippen molar-refractivity contribution in [2.24, 2.45) is 5.92 Å². The lowest BCUT2D eigenvalue weighted by Gasteiger charge is -2.32. The maximum atomic E-state index is 13.0. The molecule has 3 rings (SSSR count). The number of carbonyl (C=O) groups excluding carboxylic acids is 1.